The summed E-state index contributed by atoms with van der Waals surface area (Å²) >= 11 is 0. The van der Waals surface area contributed by atoms with Crippen LogP contribution in [0.1, 0.15) is 44.7 Å². The molecule has 3 heteroatoms. The molecule has 3 nitrogen and oxygen atoms in total. The minimum absolute atomic E-state index is 0.104. The molecule has 0 unspecified atom stereocenters. The molecule has 21 heavy (non-hydrogen) atoms. The van der Waals surface area contributed by atoms with Crippen LogP contribution in [0.25, 0.3) is 0 Å². The highest BCUT2D eigenvalue weighted by Gasteiger charge is 2.12. The van der Waals surface area contributed by atoms with Gasteiger partial charge in [0.25, 0.3) is 0 Å². The number of aliphatic hydroxyl groups excluding tert-OH is 1. The number of benzene rings is 1. The van der Waals surface area contributed by atoms with Gasteiger partial charge in [-0.25, -0.2) is 0 Å². The Kier molecular flexibility index (Phi) is 7.89. The van der Waals surface area contributed by atoms with E-state index in [0.717, 1.165) is 30.8 Å². The van der Waals surface area contributed by atoms with Crippen LogP contribution < -0.4 is 4.74 Å². The quantitative estimate of drug-likeness (QED) is 0.783. The Morgan fingerprint density at radius 1 is 1.33 bits per heavy atom. The summed E-state index contributed by atoms with van der Waals surface area (Å²) in [7, 11) is 1.68. The van der Waals surface area contributed by atoms with Crippen LogP contribution in [0.15, 0.2) is 18.2 Å². The van der Waals surface area contributed by atoms with Crippen LogP contribution >= 0.6 is 0 Å². The summed E-state index contributed by atoms with van der Waals surface area (Å²) in [5.74, 6) is 7.02. The third kappa shape index (κ3) is 5.79. The Balaban J connectivity index is 3.03. The van der Waals surface area contributed by atoms with Gasteiger partial charge in [-0.1, -0.05) is 18.8 Å². The lowest BCUT2D eigenvalue weighted by Gasteiger charge is -2.26. The zero-order valence-electron chi connectivity index (χ0n) is 13.6. The van der Waals surface area contributed by atoms with Gasteiger partial charge in [-0.2, -0.15) is 0 Å². The van der Waals surface area contributed by atoms with Gasteiger partial charge in [0.2, 0.25) is 0 Å². The van der Waals surface area contributed by atoms with Crippen molar-refractivity contribution in [1.82, 2.24) is 4.90 Å². The first-order chi connectivity index (χ1) is 10.1. The minimum atomic E-state index is 0.104. The van der Waals surface area contributed by atoms with Gasteiger partial charge in [0.05, 0.1) is 13.7 Å². The van der Waals surface area contributed by atoms with Crippen LogP contribution in [-0.4, -0.2) is 36.3 Å². The lowest BCUT2D eigenvalue weighted by Crippen LogP contribution is -2.31. The largest absolute Gasteiger partial charge is 0.497 e. The summed E-state index contributed by atoms with van der Waals surface area (Å²) in [6.45, 7) is 8.67. The van der Waals surface area contributed by atoms with E-state index in [1.807, 2.05) is 12.1 Å². The summed E-state index contributed by atoms with van der Waals surface area (Å²) < 4.78 is 5.33. The van der Waals surface area contributed by atoms with Gasteiger partial charge in [-0.15, -0.1) is 0 Å². The van der Waals surface area contributed by atoms with Crippen LogP contribution in [0.4, 0.5) is 0 Å². The predicted octanol–water partition coefficient (Wildman–Crippen LogP) is 3.05. The van der Waals surface area contributed by atoms with Gasteiger partial charge in [0.15, 0.2) is 0 Å². The van der Waals surface area contributed by atoms with Gasteiger partial charge in [0, 0.05) is 24.6 Å². The fourth-order valence-electron chi connectivity index (χ4n) is 2.19. The Bertz CT molecular complexity index is 486. The zero-order chi connectivity index (χ0) is 15.7. The molecule has 0 bridgehead atoms. The average Bonchev–Trinajstić information content (AvgIpc) is 2.48. The van der Waals surface area contributed by atoms with E-state index in [4.69, 9.17) is 9.84 Å². The number of ether oxygens (including phenoxy) is 1. The molecule has 0 saturated carbocycles. The topological polar surface area (TPSA) is 32.7 Å². The van der Waals surface area contributed by atoms with E-state index in [9.17, 15) is 0 Å². The van der Waals surface area contributed by atoms with Crippen molar-refractivity contribution in [2.75, 3.05) is 20.3 Å². The van der Waals surface area contributed by atoms with Gasteiger partial charge in [-0.3, -0.25) is 4.90 Å². The third-order valence-corrected chi connectivity index (χ3v) is 3.39. The monoisotopic (exact) mass is 289 g/mol. The molecule has 0 aliphatic rings. The maximum atomic E-state index is 8.85. The number of hydrogen-bond acceptors (Lipinski definition) is 3. The first-order valence-corrected chi connectivity index (χ1v) is 7.63. The summed E-state index contributed by atoms with van der Waals surface area (Å²) in [6, 6.07) is 6.50. The van der Waals surface area contributed by atoms with E-state index < -0.39 is 0 Å². The van der Waals surface area contributed by atoms with Crippen molar-refractivity contribution in [3.63, 3.8) is 0 Å². The van der Waals surface area contributed by atoms with Gasteiger partial charge in [0.1, 0.15) is 5.75 Å². The molecule has 0 fully saturated rings. The van der Waals surface area contributed by atoms with E-state index in [1.165, 1.54) is 5.56 Å². The second-order valence-corrected chi connectivity index (χ2v) is 5.36. The molecule has 0 amide bonds. The summed E-state index contributed by atoms with van der Waals surface area (Å²) in [4.78, 5) is 2.44. The van der Waals surface area contributed by atoms with E-state index in [0.29, 0.717) is 12.5 Å². The van der Waals surface area contributed by atoms with E-state index in [1.54, 1.807) is 7.11 Å². The third-order valence-electron chi connectivity index (χ3n) is 3.39. The van der Waals surface area contributed by atoms with Gasteiger partial charge in [-0.05, 0) is 50.6 Å². The maximum absolute atomic E-state index is 8.85. The number of aliphatic hydroxyl groups is 1. The van der Waals surface area contributed by atoms with E-state index in [2.05, 4.69) is 43.6 Å². The first-order valence-electron chi connectivity index (χ1n) is 7.63. The molecule has 0 radical (unpaired) electrons. The molecule has 0 atom stereocenters. The normalized spacial score (nSPS) is 10.6. The minimum Gasteiger partial charge on any atom is -0.497 e. The van der Waals surface area contributed by atoms with Crippen molar-refractivity contribution in [2.45, 2.75) is 46.2 Å². The molecular formula is C18H27NO2. The fourth-order valence-corrected chi connectivity index (χ4v) is 2.19. The van der Waals surface area contributed by atoms with Crippen molar-refractivity contribution >= 4 is 0 Å². The van der Waals surface area contributed by atoms with Crippen molar-refractivity contribution in [3.05, 3.63) is 29.3 Å². The molecule has 0 spiro atoms. The van der Waals surface area contributed by atoms with Crippen molar-refractivity contribution in [2.24, 2.45) is 0 Å². The Morgan fingerprint density at radius 3 is 2.67 bits per heavy atom. The summed E-state index contributed by atoms with van der Waals surface area (Å²) in [5, 5.41) is 8.85. The van der Waals surface area contributed by atoms with Crippen LogP contribution in [0.2, 0.25) is 0 Å². The van der Waals surface area contributed by atoms with E-state index in [-0.39, 0.29) is 6.61 Å². The number of hydrogen-bond donors (Lipinski definition) is 1. The molecule has 116 valence electrons. The van der Waals surface area contributed by atoms with Crippen LogP contribution in [-0.2, 0) is 6.54 Å². The van der Waals surface area contributed by atoms with E-state index >= 15 is 0 Å². The van der Waals surface area contributed by atoms with Crippen LogP contribution in [0.3, 0.4) is 0 Å². The maximum Gasteiger partial charge on any atom is 0.119 e. The Morgan fingerprint density at radius 2 is 2.10 bits per heavy atom. The smallest absolute Gasteiger partial charge is 0.119 e. The summed E-state index contributed by atoms with van der Waals surface area (Å²) in [5.41, 5.74) is 2.20. The lowest BCUT2D eigenvalue weighted by atomic mass is 10.1. The molecular weight excluding hydrogens is 262 g/mol. The molecule has 1 aromatic rings. The van der Waals surface area contributed by atoms with Crippen molar-refractivity contribution in [1.29, 1.82) is 0 Å². The molecule has 0 aliphatic heterocycles. The molecule has 0 aliphatic carbocycles. The number of methoxy groups -OCH3 is 1. The van der Waals surface area contributed by atoms with Crippen LogP contribution in [0, 0.1) is 11.8 Å². The highest BCUT2D eigenvalue weighted by molar-refractivity contribution is 5.45. The molecule has 1 rings (SSSR count). The van der Waals surface area contributed by atoms with Crippen LogP contribution in [0.5, 0.6) is 5.75 Å². The van der Waals surface area contributed by atoms with Crippen molar-refractivity contribution in [3.8, 4) is 17.6 Å². The predicted molar refractivity (Wildman–Crippen MR) is 87.4 cm³/mol. The Labute approximate surface area is 128 Å². The first kappa shape index (κ1) is 17.6. The SMILES string of the molecule is CCCN(Cc1cc(OC)ccc1C#CCCO)C(C)C. The molecule has 0 heterocycles. The molecule has 0 saturated heterocycles. The number of rotatable bonds is 7. The molecule has 1 aromatic carbocycles. The fraction of sp³-hybridized carbons (Fsp3) is 0.556. The lowest BCUT2D eigenvalue weighted by molar-refractivity contribution is 0.213. The second-order valence-electron chi connectivity index (χ2n) is 5.36. The van der Waals surface area contributed by atoms with Gasteiger partial charge < -0.3 is 9.84 Å². The molecule has 0 aromatic heterocycles. The number of nitrogens with zero attached hydrogens (tertiary/aromatic N) is 1. The summed E-state index contributed by atoms with van der Waals surface area (Å²) in [6.07, 6.45) is 1.64. The zero-order valence-corrected chi connectivity index (χ0v) is 13.6. The molecule has 1 N–H and O–H groups in total. The highest BCUT2D eigenvalue weighted by atomic mass is 16.5. The van der Waals surface area contributed by atoms with Gasteiger partial charge >= 0.3 is 0 Å². The Hall–Kier alpha value is -1.50. The van der Waals surface area contributed by atoms with Crippen molar-refractivity contribution < 1.29 is 9.84 Å². The standard InChI is InChI=1S/C18H27NO2/c1-5-11-19(15(2)3)14-17-13-18(21-4)10-9-16(17)8-6-7-12-20/h9-10,13,15,20H,5,7,11-12,14H2,1-4H3. The highest BCUT2D eigenvalue weighted by Crippen LogP contribution is 2.20. The average molecular weight is 289 g/mol. The second kappa shape index (κ2) is 9.44.